The quantitative estimate of drug-likeness (QED) is 0.225. The van der Waals surface area contributed by atoms with E-state index in [4.69, 9.17) is 10.2 Å². The van der Waals surface area contributed by atoms with Crippen LogP contribution in [-0.2, 0) is 0 Å². The van der Waals surface area contributed by atoms with Gasteiger partial charge >= 0.3 is 5.69 Å². The highest BCUT2D eigenvalue weighted by Gasteiger charge is 2.23. The molecule has 0 fully saturated rings. The van der Waals surface area contributed by atoms with Crippen LogP contribution in [0.2, 0.25) is 0 Å². The lowest BCUT2D eigenvalue weighted by atomic mass is 10.1. The minimum atomic E-state index is -1.71. The van der Waals surface area contributed by atoms with Gasteiger partial charge in [-0.2, -0.15) is 5.10 Å². The topological polar surface area (TPSA) is 192 Å². The van der Waals surface area contributed by atoms with E-state index in [1.165, 1.54) is 0 Å². The first-order valence-electron chi connectivity index (χ1n) is 6.15. The van der Waals surface area contributed by atoms with Crippen molar-refractivity contribution >= 4 is 23.3 Å². The van der Waals surface area contributed by atoms with Crippen LogP contribution >= 0.6 is 0 Å². The number of nitrogens with zero attached hydrogens (tertiary/aromatic N) is 3. The summed E-state index contributed by atoms with van der Waals surface area (Å²) >= 11 is 0. The molecule has 1 aromatic carbocycles. The van der Waals surface area contributed by atoms with Crippen molar-refractivity contribution in [3.05, 3.63) is 38.4 Å². The molecular formula is C11H14N4O8. The van der Waals surface area contributed by atoms with Crippen molar-refractivity contribution in [2.75, 3.05) is 12.0 Å². The number of nitro benzene ring substituents is 2. The maximum atomic E-state index is 10.9. The Labute approximate surface area is 128 Å². The van der Waals surface area contributed by atoms with Crippen LogP contribution in [0.3, 0.4) is 0 Å². The number of hydrogen-bond donors (Lipinski definition) is 5. The van der Waals surface area contributed by atoms with Crippen molar-refractivity contribution < 1.29 is 30.3 Å². The van der Waals surface area contributed by atoms with E-state index in [0.29, 0.717) is 0 Å². The van der Waals surface area contributed by atoms with Crippen molar-refractivity contribution in [2.45, 2.75) is 18.3 Å². The summed E-state index contributed by atoms with van der Waals surface area (Å²) in [5.41, 5.74) is 0.926. The van der Waals surface area contributed by atoms with Crippen LogP contribution in [0.5, 0.6) is 0 Å². The molecule has 23 heavy (non-hydrogen) atoms. The lowest BCUT2D eigenvalue weighted by Crippen LogP contribution is -2.40. The van der Waals surface area contributed by atoms with Crippen LogP contribution in [0, 0.1) is 20.2 Å². The standard InChI is InChI=1S/C11H14N4O8/c16-5-10(18)11(19)9(17)4-12-13-7-2-1-6(14(20)21)3-8(7)15(22)23/h1-4,9-11,13,16-19H,5H2/b12-4+/t9-,10-,11+/m0/s1. The second kappa shape index (κ2) is 8.09. The molecule has 0 aliphatic rings. The minimum Gasteiger partial charge on any atom is -0.394 e. The van der Waals surface area contributed by atoms with Gasteiger partial charge in [-0.3, -0.25) is 25.7 Å². The number of rotatable bonds is 8. The number of aliphatic hydroxyl groups is 4. The zero-order chi connectivity index (χ0) is 17.6. The van der Waals surface area contributed by atoms with Crippen LogP contribution in [0.4, 0.5) is 17.1 Å². The molecule has 1 rings (SSSR count). The average Bonchev–Trinajstić information content (AvgIpc) is 2.52. The minimum absolute atomic E-state index is 0.179. The molecule has 3 atom stereocenters. The number of anilines is 1. The zero-order valence-corrected chi connectivity index (χ0v) is 11.5. The van der Waals surface area contributed by atoms with Crippen molar-refractivity contribution in [1.82, 2.24) is 0 Å². The molecule has 126 valence electrons. The first-order chi connectivity index (χ1) is 10.8. The summed E-state index contributed by atoms with van der Waals surface area (Å²) in [7, 11) is 0. The first kappa shape index (κ1) is 18.4. The van der Waals surface area contributed by atoms with Crippen molar-refractivity contribution in [3.8, 4) is 0 Å². The third-order valence-corrected chi connectivity index (χ3v) is 2.73. The molecule has 0 aliphatic carbocycles. The highest BCUT2D eigenvalue weighted by Crippen LogP contribution is 2.28. The summed E-state index contributed by atoms with van der Waals surface area (Å²) in [4.78, 5) is 19.8. The average molecular weight is 330 g/mol. The fourth-order valence-electron chi connectivity index (χ4n) is 1.49. The Morgan fingerprint density at radius 2 is 1.87 bits per heavy atom. The molecule has 12 nitrogen and oxygen atoms in total. The lowest BCUT2D eigenvalue weighted by Gasteiger charge is -2.18. The molecule has 0 bridgehead atoms. The number of hydrogen-bond acceptors (Lipinski definition) is 10. The van der Waals surface area contributed by atoms with E-state index in [1.54, 1.807) is 0 Å². The van der Waals surface area contributed by atoms with E-state index in [0.717, 1.165) is 24.4 Å². The van der Waals surface area contributed by atoms with E-state index in [1.807, 2.05) is 0 Å². The summed E-state index contributed by atoms with van der Waals surface area (Å²) in [5, 5.41) is 61.5. The Morgan fingerprint density at radius 1 is 1.22 bits per heavy atom. The van der Waals surface area contributed by atoms with Gasteiger partial charge in [0.1, 0.15) is 24.0 Å². The Balaban J connectivity index is 2.87. The number of aliphatic hydroxyl groups excluding tert-OH is 4. The van der Waals surface area contributed by atoms with Crippen molar-refractivity contribution in [2.24, 2.45) is 5.10 Å². The molecule has 12 heteroatoms. The van der Waals surface area contributed by atoms with Crippen LogP contribution in [0.1, 0.15) is 0 Å². The van der Waals surface area contributed by atoms with Gasteiger partial charge in [0, 0.05) is 6.07 Å². The summed E-state index contributed by atoms with van der Waals surface area (Å²) < 4.78 is 0. The molecule has 1 aromatic rings. The van der Waals surface area contributed by atoms with Gasteiger partial charge in [0.2, 0.25) is 0 Å². The largest absolute Gasteiger partial charge is 0.394 e. The summed E-state index contributed by atoms with van der Waals surface area (Å²) in [6.45, 7) is -0.784. The fourth-order valence-corrected chi connectivity index (χ4v) is 1.49. The van der Waals surface area contributed by atoms with Crippen LogP contribution in [0.15, 0.2) is 23.3 Å². The van der Waals surface area contributed by atoms with E-state index in [9.17, 15) is 30.4 Å². The van der Waals surface area contributed by atoms with Gasteiger partial charge in [-0.05, 0) is 6.07 Å². The van der Waals surface area contributed by atoms with Gasteiger partial charge in [-0.25, -0.2) is 0 Å². The Hall–Kier alpha value is -2.67. The smallest absolute Gasteiger partial charge is 0.301 e. The molecule has 0 aliphatic heterocycles. The van der Waals surface area contributed by atoms with Gasteiger partial charge in [0.25, 0.3) is 5.69 Å². The highest BCUT2D eigenvalue weighted by molar-refractivity contribution is 5.69. The van der Waals surface area contributed by atoms with Crippen LogP contribution in [0.25, 0.3) is 0 Å². The predicted octanol–water partition coefficient (Wildman–Crippen LogP) is -1.02. The maximum absolute atomic E-state index is 10.9. The second-order valence-electron chi connectivity index (χ2n) is 4.34. The summed E-state index contributed by atoms with van der Waals surface area (Å²) in [6.07, 6.45) is -4.21. The Kier molecular flexibility index (Phi) is 6.47. The number of hydrazone groups is 1. The van der Waals surface area contributed by atoms with Crippen molar-refractivity contribution in [1.29, 1.82) is 0 Å². The number of benzene rings is 1. The van der Waals surface area contributed by atoms with E-state index in [-0.39, 0.29) is 5.69 Å². The molecule has 0 heterocycles. The van der Waals surface area contributed by atoms with Gasteiger partial charge < -0.3 is 20.4 Å². The molecule has 5 N–H and O–H groups in total. The normalized spacial score (nSPS) is 15.1. The molecular weight excluding hydrogens is 316 g/mol. The number of nitrogens with one attached hydrogen (secondary N) is 1. The van der Waals surface area contributed by atoms with E-state index < -0.39 is 46.1 Å². The van der Waals surface area contributed by atoms with Gasteiger partial charge in [0.15, 0.2) is 0 Å². The fraction of sp³-hybridized carbons (Fsp3) is 0.364. The number of nitro groups is 2. The molecule has 0 radical (unpaired) electrons. The van der Waals surface area contributed by atoms with Gasteiger partial charge in [0.05, 0.1) is 28.7 Å². The van der Waals surface area contributed by atoms with E-state index in [2.05, 4.69) is 10.5 Å². The van der Waals surface area contributed by atoms with Gasteiger partial charge in [-0.15, -0.1) is 0 Å². The summed E-state index contributed by atoms with van der Waals surface area (Å²) in [5.74, 6) is 0. The molecule has 0 unspecified atom stereocenters. The predicted molar refractivity (Wildman–Crippen MR) is 77.0 cm³/mol. The van der Waals surface area contributed by atoms with E-state index >= 15 is 0 Å². The monoisotopic (exact) mass is 330 g/mol. The molecule has 0 saturated heterocycles. The van der Waals surface area contributed by atoms with Crippen molar-refractivity contribution in [3.63, 3.8) is 0 Å². The second-order valence-corrected chi connectivity index (χ2v) is 4.34. The maximum Gasteiger partial charge on any atom is 0.301 e. The number of non-ortho nitro benzene ring substituents is 1. The SMILES string of the molecule is O=[N+]([O-])c1ccc(N/N=C/[C@H](O)[C@@H](O)[C@@H](O)CO)c([N+](=O)[O-])c1. The highest BCUT2D eigenvalue weighted by atomic mass is 16.6. The molecule has 0 aromatic heterocycles. The lowest BCUT2D eigenvalue weighted by molar-refractivity contribution is -0.393. The summed E-state index contributed by atoms with van der Waals surface area (Å²) in [6, 6.07) is 2.81. The van der Waals surface area contributed by atoms with Gasteiger partial charge in [-0.1, -0.05) is 0 Å². The Bertz CT molecular complexity index is 608. The Morgan fingerprint density at radius 3 is 2.39 bits per heavy atom. The third-order valence-electron chi connectivity index (χ3n) is 2.73. The first-order valence-corrected chi connectivity index (χ1v) is 6.15. The van der Waals surface area contributed by atoms with Crippen LogP contribution in [-0.4, -0.2) is 61.4 Å². The zero-order valence-electron chi connectivity index (χ0n) is 11.5. The third kappa shape index (κ3) is 4.93. The molecule has 0 amide bonds. The molecule has 0 spiro atoms. The van der Waals surface area contributed by atoms with Crippen LogP contribution < -0.4 is 5.43 Å². The molecule has 0 saturated carbocycles.